The van der Waals surface area contributed by atoms with Crippen LogP contribution in [0, 0.1) is 58.2 Å². The largest absolute Gasteiger partial charge is 0.372 e. The van der Waals surface area contributed by atoms with E-state index in [9.17, 15) is 19.2 Å². The number of carbonyl (C=O) groups is 6. The fraction of sp³-hybridized carbons (Fsp3) is 0.625. The van der Waals surface area contributed by atoms with Crippen LogP contribution in [-0.2, 0) is 57.2 Å². The minimum absolute atomic E-state index is 0.369. The number of benzene rings is 1. The van der Waals surface area contributed by atoms with Gasteiger partial charge in [-0.05, 0) is 12.1 Å². The Labute approximate surface area is 255 Å². The Bertz CT molecular complexity index is 1520. The van der Waals surface area contributed by atoms with Gasteiger partial charge in [0, 0.05) is 52.1 Å². The molecule has 1 aromatic carbocycles. The van der Waals surface area contributed by atoms with E-state index in [2.05, 4.69) is 0 Å². The molecule has 9 fully saturated rings. The zero-order valence-corrected chi connectivity index (χ0v) is 24.7. The molecule has 2 amide bonds. The number of fused-ring (bicyclic) bond motifs is 18. The van der Waals surface area contributed by atoms with Gasteiger partial charge in [0.2, 0.25) is 34.9 Å². The Balaban J connectivity index is 1.24. The second-order valence-corrected chi connectivity index (χ2v) is 13.9. The van der Waals surface area contributed by atoms with Crippen LogP contribution in [0.15, 0.2) is 30.3 Å². The van der Waals surface area contributed by atoms with Crippen LogP contribution in [0.25, 0.3) is 0 Å². The SMILES string of the molecule is COC1(OC)[C@@H]2C(=O)C(=O)[C@H]1[C@@H]1[C@H]2[C@@H]2O[C@H]1C13C(=O)N(c4ccccc4)C(=O)C21[C@@H]1O[C@H]3[C@@H]2[C@H]1[C@@H]1C(=O)C(=O)[C@H]2C1(OC)OC. The third-order valence-corrected chi connectivity index (χ3v) is 13.6. The highest BCUT2D eigenvalue weighted by atomic mass is 16.7. The Hall–Kier alpha value is -3.20. The van der Waals surface area contributed by atoms with Gasteiger partial charge >= 0.3 is 0 Å². The van der Waals surface area contributed by atoms with Crippen molar-refractivity contribution in [3.63, 3.8) is 0 Å². The lowest BCUT2D eigenvalue weighted by Crippen LogP contribution is -2.69. The first kappa shape index (κ1) is 27.0. The smallest absolute Gasteiger partial charge is 0.246 e. The average molecular weight is 620 g/mol. The van der Waals surface area contributed by atoms with Gasteiger partial charge in [-0.1, -0.05) is 18.2 Å². The van der Waals surface area contributed by atoms with E-state index in [4.69, 9.17) is 28.4 Å². The summed E-state index contributed by atoms with van der Waals surface area (Å²) in [5.41, 5.74) is -2.94. The van der Waals surface area contributed by atoms with Crippen LogP contribution in [0.3, 0.4) is 0 Å². The zero-order chi connectivity index (χ0) is 31.3. The van der Waals surface area contributed by atoms with E-state index < -0.39 is 129 Å². The van der Waals surface area contributed by atoms with Crippen LogP contribution >= 0.6 is 0 Å². The third-order valence-electron chi connectivity index (χ3n) is 13.6. The number of methoxy groups -OCH3 is 4. The van der Waals surface area contributed by atoms with Gasteiger partial charge in [-0.15, -0.1) is 0 Å². The highest BCUT2D eigenvalue weighted by Crippen LogP contribution is 2.85. The summed E-state index contributed by atoms with van der Waals surface area (Å²) < 4.78 is 36.8. The topological polar surface area (TPSA) is 161 Å². The van der Waals surface area contributed by atoms with E-state index in [1.54, 1.807) is 30.3 Å². The molecule has 4 aliphatic carbocycles. The Morgan fingerprint density at radius 2 is 0.844 bits per heavy atom. The highest BCUT2D eigenvalue weighted by molar-refractivity contribution is 6.43. The van der Waals surface area contributed by atoms with Crippen LogP contribution in [0.1, 0.15) is 0 Å². The number of ketones is 4. The van der Waals surface area contributed by atoms with E-state index in [-0.39, 0.29) is 0 Å². The van der Waals surface area contributed by atoms with Crippen LogP contribution in [0.4, 0.5) is 5.69 Å². The molecule has 0 spiro atoms. The Morgan fingerprint density at radius 3 is 1.13 bits per heavy atom. The molecule has 45 heavy (non-hydrogen) atoms. The molecule has 9 aliphatic rings. The number of ether oxygens (including phenoxy) is 6. The minimum atomic E-state index is -1.65. The van der Waals surface area contributed by atoms with Gasteiger partial charge in [-0.2, -0.15) is 0 Å². The van der Waals surface area contributed by atoms with Gasteiger partial charge < -0.3 is 28.4 Å². The summed E-state index contributed by atoms with van der Waals surface area (Å²) in [6.07, 6.45) is -4.13. The maximum Gasteiger partial charge on any atom is 0.246 e. The summed E-state index contributed by atoms with van der Waals surface area (Å²) in [6.45, 7) is 0. The minimum Gasteiger partial charge on any atom is -0.372 e. The molecule has 1 aromatic rings. The molecule has 234 valence electrons. The quantitative estimate of drug-likeness (QED) is 0.233. The monoisotopic (exact) mass is 619 g/mol. The van der Waals surface area contributed by atoms with Crippen LogP contribution < -0.4 is 4.90 Å². The van der Waals surface area contributed by atoms with E-state index in [1.807, 2.05) is 0 Å². The summed E-state index contributed by atoms with van der Waals surface area (Å²) in [7, 11) is 5.52. The maximum atomic E-state index is 15.2. The van der Waals surface area contributed by atoms with Crippen molar-refractivity contribution in [2.24, 2.45) is 58.2 Å². The Kier molecular flexibility index (Phi) is 4.60. The zero-order valence-electron chi connectivity index (χ0n) is 24.7. The molecule has 0 aromatic heterocycles. The van der Waals surface area contributed by atoms with Crippen molar-refractivity contribution >= 4 is 40.6 Å². The molecule has 14 atom stereocenters. The van der Waals surface area contributed by atoms with Gasteiger partial charge in [-0.25, -0.2) is 4.90 Å². The van der Waals surface area contributed by atoms with Crippen molar-refractivity contribution < 1.29 is 57.2 Å². The summed E-state index contributed by atoms with van der Waals surface area (Å²) in [6, 6.07) is 8.56. The molecule has 5 heterocycles. The standard InChI is InChI=1S/C32H29NO12/c1-40-31(41-2)15-11-12(16(31)20(35)19(15)34)24-30-26-14-13(17-21(36)22(37)18(14)32(17,42-3)43-4)25(45-26)29(30,23(11)44-24)27(38)33(28(30)39)10-8-6-5-7-9-10/h5-9,11-18,23-26H,1-4H3/t11-,12+,13+,14-,15+,16-,17-,18+,23+,24-,25-,26+,29?,30?. The summed E-state index contributed by atoms with van der Waals surface area (Å²) in [4.78, 5) is 85.7. The van der Waals surface area contributed by atoms with Crippen molar-refractivity contribution in [3.05, 3.63) is 30.3 Å². The van der Waals surface area contributed by atoms with E-state index in [1.165, 1.54) is 33.3 Å². The summed E-state index contributed by atoms with van der Waals surface area (Å²) >= 11 is 0. The predicted octanol–water partition coefficient (Wildman–Crippen LogP) is -0.667. The van der Waals surface area contributed by atoms with Gasteiger partial charge in [0.25, 0.3) is 0 Å². The molecule has 5 saturated heterocycles. The first-order chi connectivity index (χ1) is 21.6. The second-order valence-electron chi connectivity index (χ2n) is 13.9. The lowest BCUT2D eigenvalue weighted by molar-refractivity contribution is -0.246. The van der Waals surface area contributed by atoms with E-state index in [0.717, 1.165) is 0 Å². The molecule has 13 heteroatoms. The molecular weight excluding hydrogens is 590 g/mol. The average Bonchev–Trinajstić information content (AvgIpc) is 3.90. The number of amides is 2. The number of Topliss-reactive ketones (excluding diaryl/α,β-unsaturated/α-hetero) is 4. The summed E-state index contributed by atoms with van der Waals surface area (Å²) in [5.74, 6) is -13.9. The molecule has 10 rings (SSSR count). The maximum absolute atomic E-state index is 15.2. The number of hydrogen-bond donors (Lipinski definition) is 0. The molecule has 0 radical (unpaired) electrons. The molecule has 8 bridgehead atoms. The van der Waals surface area contributed by atoms with E-state index in [0.29, 0.717) is 5.69 Å². The lowest BCUT2D eigenvalue weighted by Gasteiger charge is -2.52. The molecule has 5 aliphatic heterocycles. The van der Waals surface area contributed by atoms with Crippen molar-refractivity contribution in [1.82, 2.24) is 0 Å². The number of hydrogen-bond acceptors (Lipinski definition) is 12. The van der Waals surface area contributed by atoms with Gasteiger partial charge in [0.05, 0.1) is 53.8 Å². The van der Waals surface area contributed by atoms with E-state index >= 15 is 9.59 Å². The Morgan fingerprint density at radius 1 is 0.533 bits per heavy atom. The molecule has 0 N–H and O–H groups in total. The highest BCUT2D eigenvalue weighted by Gasteiger charge is 3.01. The third kappa shape index (κ3) is 2.13. The van der Waals surface area contributed by atoms with Gasteiger partial charge in [0.15, 0.2) is 11.6 Å². The van der Waals surface area contributed by atoms with Crippen LogP contribution in [0.2, 0.25) is 0 Å². The number of nitrogens with zero attached hydrogens (tertiary/aromatic N) is 1. The summed E-state index contributed by atoms with van der Waals surface area (Å²) in [5, 5.41) is 0. The predicted molar refractivity (Wildman–Crippen MR) is 143 cm³/mol. The van der Waals surface area contributed by atoms with Crippen LogP contribution in [-0.4, -0.2) is 99.4 Å². The molecular formula is C32H29NO12. The number of para-hydroxylation sites is 1. The normalized spacial score (nSPS) is 51.2. The van der Waals surface area contributed by atoms with Crippen molar-refractivity contribution in [1.29, 1.82) is 0 Å². The van der Waals surface area contributed by atoms with Crippen molar-refractivity contribution in [2.45, 2.75) is 36.0 Å². The van der Waals surface area contributed by atoms with Crippen molar-refractivity contribution in [2.75, 3.05) is 33.3 Å². The number of carbonyl (C=O) groups excluding carboxylic acids is 6. The van der Waals surface area contributed by atoms with Gasteiger partial charge in [-0.3, -0.25) is 28.8 Å². The molecule has 13 nitrogen and oxygen atoms in total. The molecule has 4 saturated carbocycles. The number of rotatable bonds is 5. The fourth-order valence-corrected chi connectivity index (χ4v) is 12.8. The molecule has 2 unspecified atom stereocenters. The van der Waals surface area contributed by atoms with Gasteiger partial charge in [0.1, 0.15) is 10.8 Å². The number of imide groups is 1. The first-order valence-corrected chi connectivity index (χ1v) is 15.2. The van der Waals surface area contributed by atoms with Crippen LogP contribution in [0.5, 0.6) is 0 Å². The second kappa shape index (κ2) is 7.67. The first-order valence-electron chi connectivity index (χ1n) is 15.2. The fourth-order valence-electron chi connectivity index (χ4n) is 12.8. The number of anilines is 1. The lowest BCUT2D eigenvalue weighted by atomic mass is 9.42. The van der Waals surface area contributed by atoms with Crippen molar-refractivity contribution in [3.8, 4) is 0 Å².